The van der Waals surface area contributed by atoms with Crippen LogP contribution in [0.4, 0.5) is 0 Å². The normalized spacial score (nSPS) is 10.4. The second kappa shape index (κ2) is 4.80. The molecule has 1 N–H and O–H groups in total. The van der Waals surface area contributed by atoms with Gasteiger partial charge in [0.25, 0.3) is 0 Å². The summed E-state index contributed by atoms with van der Waals surface area (Å²) in [7, 11) is 0. The number of H-pyrrole nitrogens is 1. The molecule has 0 spiro atoms. The zero-order valence-electron chi connectivity index (χ0n) is 9.33. The van der Waals surface area contributed by atoms with Gasteiger partial charge in [-0.2, -0.15) is 0 Å². The average molecular weight is 271 g/mol. The van der Waals surface area contributed by atoms with Crippen molar-refractivity contribution in [3.05, 3.63) is 52.7 Å². The molecule has 0 unspecified atom stereocenters. The molecule has 2 aromatic heterocycles. The van der Waals surface area contributed by atoms with Crippen molar-refractivity contribution in [2.24, 2.45) is 0 Å². The minimum Gasteiger partial charge on any atom is -0.329 e. The maximum atomic E-state index is 5.01. The molecule has 3 nitrogen and oxygen atoms in total. The highest BCUT2D eigenvalue weighted by atomic mass is 32.1. The summed E-state index contributed by atoms with van der Waals surface area (Å²) in [4.78, 5) is 11.6. The number of nitrogens with zero attached hydrogens (tertiary/aromatic N) is 2. The van der Waals surface area contributed by atoms with Crippen LogP contribution >= 0.6 is 23.6 Å². The zero-order chi connectivity index (χ0) is 12.4. The van der Waals surface area contributed by atoms with E-state index in [1.54, 1.807) is 17.5 Å². The van der Waals surface area contributed by atoms with E-state index in [1.165, 1.54) is 0 Å². The van der Waals surface area contributed by atoms with E-state index in [9.17, 15) is 0 Å². The second-order valence-corrected chi connectivity index (χ2v) is 4.94. The molecule has 3 aromatic rings. The summed E-state index contributed by atoms with van der Waals surface area (Å²) in [5, 5.41) is 3.02. The Morgan fingerprint density at radius 2 is 1.94 bits per heavy atom. The number of hydrogen-bond donors (Lipinski definition) is 1. The molecule has 0 saturated carbocycles. The summed E-state index contributed by atoms with van der Waals surface area (Å²) < 4.78 is 0.474. The second-order valence-electron chi connectivity index (χ2n) is 3.69. The fourth-order valence-corrected chi connectivity index (χ4v) is 2.63. The highest BCUT2D eigenvalue weighted by molar-refractivity contribution is 7.71. The van der Waals surface area contributed by atoms with Crippen molar-refractivity contribution in [1.29, 1.82) is 0 Å². The zero-order valence-corrected chi connectivity index (χ0v) is 11.0. The van der Waals surface area contributed by atoms with Crippen LogP contribution in [0.15, 0.2) is 48.0 Å². The van der Waals surface area contributed by atoms with Gasteiger partial charge < -0.3 is 4.98 Å². The van der Waals surface area contributed by atoms with E-state index in [1.807, 2.05) is 29.6 Å². The molecular weight excluding hydrogens is 262 g/mol. The summed E-state index contributed by atoms with van der Waals surface area (Å²) in [6.45, 7) is 0. The van der Waals surface area contributed by atoms with Crippen molar-refractivity contribution in [1.82, 2.24) is 15.0 Å². The molecule has 1 aromatic carbocycles. The monoisotopic (exact) mass is 271 g/mol. The van der Waals surface area contributed by atoms with Crippen LogP contribution < -0.4 is 0 Å². The summed E-state index contributed by atoms with van der Waals surface area (Å²) in [6.07, 6.45) is 1.69. The minimum atomic E-state index is 0.474. The highest BCUT2D eigenvalue weighted by Gasteiger charge is 2.06. The molecule has 0 aliphatic rings. The van der Waals surface area contributed by atoms with Gasteiger partial charge in [0, 0.05) is 17.1 Å². The van der Waals surface area contributed by atoms with E-state index in [-0.39, 0.29) is 0 Å². The Morgan fingerprint density at radius 1 is 1.11 bits per heavy atom. The first-order chi connectivity index (χ1) is 8.83. The topological polar surface area (TPSA) is 41.6 Å². The largest absolute Gasteiger partial charge is 0.329 e. The Bertz CT molecular complexity index is 716. The van der Waals surface area contributed by atoms with Gasteiger partial charge in [0.1, 0.15) is 5.01 Å². The number of benzene rings is 1. The molecule has 0 bridgehead atoms. The van der Waals surface area contributed by atoms with Crippen LogP contribution in [0.3, 0.4) is 0 Å². The van der Waals surface area contributed by atoms with Crippen molar-refractivity contribution >= 4 is 23.6 Å². The van der Waals surface area contributed by atoms with Gasteiger partial charge in [-0.1, -0.05) is 30.3 Å². The minimum absolute atomic E-state index is 0.474. The lowest BCUT2D eigenvalue weighted by Gasteiger charge is -1.96. The molecule has 88 valence electrons. The van der Waals surface area contributed by atoms with Gasteiger partial charge in [-0.3, -0.25) is 0 Å². The third-order valence-electron chi connectivity index (χ3n) is 2.48. The number of aromatic nitrogens is 3. The quantitative estimate of drug-likeness (QED) is 0.718. The van der Waals surface area contributed by atoms with E-state index in [2.05, 4.69) is 27.1 Å². The number of nitrogens with one attached hydrogen (secondary N) is 1. The highest BCUT2D eigenvalue weighted by Crippen LogP contribution is 2.27. The number of rotatable bonds is 2. The third kappa shape index (κ3) is 2.23. The predicted octanol–water partition coefficient (Wildman–Crippen LogP) is 3.93. The lowest BCUT2D eigenvalue weighted by molar-refractivity contribution is 1.13. The van der Waals surface area contributed by atoms with Crippen LogP contribution in [0.1, 0.15) is 0 Å². The number of aromatic amines is 1. The first-order valence-corrected chi connectivity index (χ1v) is 6.68. The van der Waals surface area contributed by atoms with Crippen molar-refractivity contribution in [2.75, 3.05) is 0 Å². The standard InChI is InChI=1S/C13H9N3S2/c17-13-14-7-6-10(16-13)11-8-18-12(15-11)9-4-2-1-3-5-9/h1-8H,(H,14,16,17). The molecule has 0 aliphatic carbocycles. The third-order valence-corrected chi connectivity index (χ3v) is 3.57. The molecule has 18 heavy (non-hydrogen) atoms. The van der Waals surface area contributed by atoms with Crippen LogP contribution in [0.2, 0.25) is 0 Å². The molecule has 0 fully saturated rings. The lowest BCUT2D eigenvalue weighted by Crippen LogP contribution is -1.86. The van der Waals surface area contributed by atoms with Gasteiger partial charge in [-0.25, -0.2) is 9.97 Å². The first kappa shape index (κ1) is 11.3. The average Bonchev–Trinajstić information content (AvgIpc) is 2.89. The Kier molecular flexibility index (Phi) is 3.00. The summed E-state index contributed by atoms with van der Waals surface area (Å²) in [5.41, 5.74) is 2.92. The van der Waals surface area contributed by atoms with Gasteiger partial charge in [0.05, 0.1) is 11.4 Å². The molecule has 0 atom stereocenters. The molecule has 2 heterocycles. The smallest absolute Gasteiger partial charge is 0.197 e. The van der Waals surface area contributed by atoms with Gasteiger partial charge in [-0.15, -0.1) is 11.3 Å². The van der Waals surface area contributed by atoms with Gasteiger partial charge in [-0.05, 0) is 18.3 Å². The summed E-state index contributed by atoms with van der Waals surface area (Å²) >= 11 is 6.63. The fraction of sp³-hybridized carbons (Fsp3) is 0. The maximum Gasteiger partial charge on any atom is 0.197 e. The van der Waals surface area contributed by atoms with Crippen molar-refractivity contribution in [2.45, 2.75) is 0 Å². The van der Waals surface area contributed by atoms with Crippen molar-refractivity contribution < 1.29 is 0 Å². The Morgan fingerprint density at radius 3 is 2.72 bits per heavy atom. The van der Waals surface area contributed by atoms with Gasteiger partial charge >= 0.3 is 0 Å². The van der Waals surface area contributed by atoms with Crippen molar-refractivity contribution in [3.8, 4) is 22.0 Å². The summed E-state index contributed by atoms with van der Waals surface area (Å²) in [5.74, 6) is 0. The number of hydrogen-bond acceptors (Lipinski definition) is 4. The SMILES string of the molecule is S=c1nccc(-c2csc(-c3ccccc3)n2)[nH]1. The maximum absolute atomic E-state index is 5.01. The van der Waals surface area contributed by atoms with Crippen molar-refractivity contribution in [3.63, 3.8) is 0 Å². The van der Waals surface area contributed by atoms with E-state index in [0.29, 0.717) is 4.77 Å². The van der Waals surface area contributed by atoms with Crippen LogP contribution in [0.25, 0.3) is 22.0 Å². The van der Waals surface area contributed by atoms with E-state index >= 15 is 0 Å². The van der Waals surface area contributed by atoms with Crippen LogP contribution in [0.5, 0.6) is 0 Å². The Balaban J connectivity index is 2.02. The van der Waals surface area contributed by atoms with Crippen LogP contribution in [-0.4, -0.2) is 15.0 Å². The van der Waals surface area contributed by atoms with E-state index in [0.717, 1.165) is 22.0 Å². The molecule has 0 amide bonds. The Labute approximate surface area is 113 Å². The van der Waals surface area contributed by atoms with Gasteiger partial charge in [0.2, 0.25) is 0 Å². The molecule has 5 heteroatoms. The van der Waals surface area contributed by atoms with Gasteiger partial charge in [0.15, 0.2) is 4.77 Å². The lowest BCUT2D eigenvalue weighted by atomic mass is 10.2. The first-order valence-electron chi connectivity index (χ1n) is 5.39. The molecule has 0 saturated heterocycles. The molecule has 3 rings (SSSR count). The van der Waals surface area contributed by atoms with E-state index < -0.39 is 0 Å². The van der Waals surface area contributed by atoms with E-state index in [4.69, 9.17) is 12.2 Å². The fourth-order valence-electron chi connectivity index (χ4n) is 1.63. The summed E-state index contributed by atoms with van der Waals surface area (Å²) in [6, 6.07) is 12.0. The molecule has 0 aliphatic heterocycles. The number of thiazole rings is 1. The Hall–Kier alpha value is -1.85. The molecular formula is C13H9N3S2. The van der Waals surface area contributed by atoms with Crippen LogP contribution in [0, 0.1) is 4.77 Å². The predicted molar refractivity (Wildman–Crippen MR) is 76.0 cm³/mol. The molecule has 0 radical (unpaired) electrons. The van der Waals surface area contributed by atoms with Crippen LogP contribution in [-0.2, 0) is 0 Å².